The number of rotatable bonds is 9. The first-order valence-corrected chi connectivity index (χ1v) is 11.4. The summed E-state index contributed by atoms with van der Waals surface area (Å²) in [6, 6.07) is 12.0. The number of amides is 1. The van der Waals surface area contributed by atoms with Crippen LogP contribution in [0.1, 0.15) is 35.8 Å². The minimum absolute atomic E-state index is 0.160. The molecule has 1 aliphatic heterocycles. The van der Waals surface area contributed by atoms with E-state index in [1.807, 2.05) is 41.0 Å². The molecule has 1 atom stereocenters. The van der Waals surface area contributed by atoms with E-state index in [4.69, 9.17) is 9.47 Å². The fraction of sp³-hybridized carbons (Fsp3) is 0.400. The number of ether oxygens (including phenoxy) is 2. The number of fused-ring (bicyclic) bond motifs is 1. The average Bonchev–Trinajstić information content (AvgIpc) is 3.49. The van der Waals surface area contributed by atoms with Crippen molar-refractivity contribution in [3.05, 3.63) is 53.9 Å². The van der Waals surface area contributed by atoms with Gasteiger partial charge in [-0.2, -0.15) is 0 Å². The van der Waals surface area contributed by atoms with E-state index in [-0.39, 0.29) is 11.8 Å². The molecule has 2 aromatic heterocycles. The third-order valence-corrected chi connectivity index (χ3v) is 5.87. The average molecular weight is 451 g/mol. The summed E-state index contributed by atoms with van der Waals surface area (Å²) in [7, 11) is 1.35. The Morgan fingerprint density at radius 2 is 2.09 bits per heavy atom. The fourth-order valence-corrected chi connectivity index (χ4v) is 4.10. The largest absolute Gasteiger partial charge is 0.464 e. The second kappa shape index (κ2) is 10.5. The molecular weight excluding hydrogens is 420 g/mol. The number of benzene rings is 1. The van der Waals surface area contributed by atoms with E-state index in [2.05, 4.69) is 22.5 Å². The first-order chi connectivity index (χ1) is 16.1. The number of methoxy groups -OCH3 is 1. The molecular formula is C25H30N4O4. The number of carbonyl (C=O) groups excluding carboxylic acids is 2. The van der Waals surface area contributed by atoms with E-state index < -0.39 is 5.97 Å². The van der Waals surface area contributed by atoms with Crippen molar-refractivity contribution < 1.29 is 19.1 Å². The lowest BCUT2D eigenvalue weighted by atomic mass is 10.1. The zero-order chi connectivity index (χ0) is 23.2. The van der Waals surface area contributed by atoms with Gasteiger partial charge >= 0.3 is 5.97 Å². The van der Waals surface area contributed by atoms with Crippen LogP contribution in [0.2, 0.25) is 0 Å². The molecule has 33 heavy (non-hydrogen) atoms. The van der Waals surface area contributed by atoms with Crippen molar-refractivity contribution in [1.29, 1.82) is 0 Å². The molecule has 0 aliphatic carbocycles. The lowest BCUT2D eigenvalue weighted by Gasteiger charge is -2.12. The number of carbonyl (C=O) groups is 2. The predicted molar refractivity (Wildman–Crippen MR) is 128 cm³/mol. The molecule has 4 rings (SSSR count). The summed E-state index contributed by atoms with van der Waals surface area (Å²) in [5, 5.41) is 7.04. The quantitative estimate of drug-likeness (QED) is 0.481. The van der Waals surface area contributed by atoms with Crippen LogP contribution in [0.4, 0.5) is 11.4 Å². The van der Waals surface area contributed by atoms with Gasteiger partial charge in [-0.25, -0.2) is 9.78 Å². The molecule has 1 unspecified atom stereocenters. The van der Waals surface area contributed by atoms with E-state index in [0.29, 0.717) is 55.0 Å². The van der Waals surface area contributed by atoms with Crippen molar-refractivity contribution >= 4 is 34.3 Å². The number of nitrogens with one attached hydrogen (secondary N) is 2. The lowest BCUT2D eigenvalue weighted by Crippen LogP contribution is -2.24. The fourth-order valence-electron chi connectivity index (χ4n) is 4.10. The van der Waals surface area contributed by atoms with Crippen LogP contribution in [0.25, 0.3) is 11.0 Å². The molecule has 8 nitrogen and oxygen atoms in total. The van der Waals surface area contributed by atoms with Crippen molar-refractivity contribution in [3.8, 4) is 0 Å². The van der Waals surface area contributed by atoms with E-state index in [9.17, 15) is 9.59 Å². The highest BCUT2D eigenvalue weighted by molar-refractivity contribution is 6.11. The summed E-state index contributed by atoms with van der Waals surface area (Å²) in [4.78, 5) is 30.6. The van der Waals surface area contributed by atoms with Gasteiger partial charge in [0.25, 0.3) is 0 Å². The Morgan fingerprint density at radius 1 is 1.27 bits per heavy atom. The Balaban J connectivity index is 1.79. The summed E-state index contributed by atoms with van der Waals surface area (Å²) in [5.41, 5.74) is 3.35. The number of anilines is 2. The standard InChI is InChI=1S/C25H30N4O4/c1-3-11-26-19-14-20-21(28-24(30)18-10-13-33-16-18)22(25(31)32-2)29(23(20)27-15-19)12-9-17-7-5-4-6-8-17/h4-8,14-15,18,26H,3,9-13,16H2,1-2H3,(H,28,30). The Bertz CT molecular complexity index is 1120. The number of esters is 1. The molecule has 0 saturated carbocycles. The SMILES string of the molecule is CCCNc1cnc2c(c1)c(NC(=O)C1CCOC1)c(C(=O)OC)n2CCc1ccccc1. The van der Waals surface area contributed by atoms with Gasteiger partial charge in [-0.3, -0.25) is 4.79 Å². The molecule has 1 amide bonds. The minimum atomic E-state index is -0.512. The van der Waals surface area contributed by atoms with Crippen LogP contribution < -0.4 is 10.6 Å². The number of hydrogen-bond donors (Lipinski definition) is 2. The molecule has 0 radical (unpaired) electrons. The number of aryl methyl sites for hydroxylation is 2. The lowest BCUT2D eigenvalue weighted by molar-refractivity contribution is -0.119. The van der Waals surface area contributed by atoms with Crippen LogP contribution in [0.3, 0.4) is 0 Å². The highest BCUT2D eigenvalue weighted by Gasteiger charge is 2.29. The van der Waals surface area contributed by atoms with Crippen molar-refractivity contribution in [1.82, 2.24) is 9.55 Å². The molecule has 2 N–H and O–H groups in total. The Morgan fingerprint density at radius 3 is 2.79 bits per heavy atom. The van der Waals surface area contributed by atoms with E-state index in [1.165, 1.54) is 7.11 Å². The summed E-state index contributed by atoms with van der Waals surface area (Å²) >= 11 is 0. The normalized spacial score (nSPS) is 15.5. The van der Waals surface area contributed by atoms with Crippen LogP contribution in [0.15, 0.2) is 42.6 Å². The van der Waals surface area contributed by atoms with Crippen LogP contribution in [-0.4, -0.2) is 48.3 Å². The maximum absolute atomic E-state index is 13.0. The first kappa shape index (κ1) is 22.8. The van der Waals surface area contributed by atoms with Crippen molar-refractivity contribution in [3.63, 3.8) is 0 Å². The van der Waals surface area contributed by atoms with Gasteiger partial charge in [0.15, 0.2) is 5.69 Å². The first-order valence-electron chi connectivity index (χ1n) is 11.4. The monoisotopic (exact) mass is 450 g/mol. The van der Waals surface area contributed by atoms with E-state index in [0.717, 1.165) is 24.2 Å². The third kappa shape index (κ3) is 5.01. The molecule has 1 fully saturated rings. The smallest absolute Gasteiger partial charge is 0.356 e. The van der Waals surface area contributed by atoms with Gasteiger partial charge < -0.3 is 24.7 Å². The molecule has 1 aliphatic rings. The number of pyridine rings is 1. The molecule has 1 aromatic carbocycles. The molecule has 0 bridgehead atoms. The van der Waals surface area contributed by atoms with E-state index >= 15 is 0 Å². The van der Waals surface area contributed by atoms with Gasteiger partial charge in [0.2, 0.25) is 5.91 Å². The number of hydrogen-bond acceptors (Lipinski definition) is 6. The zero-order valence-electron chi connectivity index (χ0n) is 19.1. The Hall–Kier alpha value is -3.39. The van der Waals surface area contributed by atoms with Crippen molar-refractivity contribution in [2.24, 2.45) is 5.92 Å². The Kier molecular flexibility index (Phi) is 7.24. The van der Waals surface area contributed by atoms with Crippen LogP contribution in [0.5, 0.6) is 0 Å². The summed E-state index contributed by atoms with van der Waals surface area (Å²) in [5.74, 6) is -0.915. The summed E-state index contributed by atoms with van der Waals surface area (Å²) in [6.45, 7) is 4.35. The minimum Gasteiger partial charge on any atom is -0.464 e. The van der Waals surface area contributed by atoms with Gasteiger partial charge in [0.05, 0.1) is 37.2 Å². The molecule has 8 heteroatoms. The zero-order valence-corrected chi connectivity index (χ0v) is 19.1. The van der Waals surface area contributed by atoms with Gasteiger partial charge in [-0.15, -0.1) is 0 Å². The van der Waals surface area contributed by atoms with Crippen LogP contribution in [-0.2, 0) is 27.2 Å². The molecule has 1 saturated heterocycles. The maximum atomic E-state index is 13.0. The van der Waals surface area contributed by atoms with Gasteiger partial charge in [0.1, 0.15) is 5.65 Å². The second-order valence-corrected chi connectivity index (χ2v) is 8.17. The highest BCUT2D eigenvalue weighted by Crippen LogP contribution is 2.33. The van der Waals surface area contributed by atoms with Gasteiger partial charge in [-0.1, -0.05) is 37.3 Å². The van der Waals surface area contributed by atoms with Gasteiger partial charge in [0, 0.05) is 25.1 Å². The number of aromatic nitrogens is 2. The van der Waals surface area contributed by atoms with Crippen LogP contribution in [0, 0.1) is 5.92 Å². The van der Waals surface area contributed by atoms with Crippen LogP contribution >= 0.6 is 0 Å². The molecule has 0 spiro atoms. The predicted octanol–water partition coefficient (Wildman–Crippen LogP) is 3.86. The number of nitrogens with zero attached hydrogens (tertiary/aromatic N) is 2. The third-order valence-electron chi connectivity index (χ3n) is 5.87. The maximum Gasteiger partial charge on any atom is 0.356 e. The summed E-state index contributed by atoms with van der Waals surface area (Å²) in [6.07, 6.45) is 4.09. The molecule has 3 aromatic rings. The molecule has 3 heterocycles. The highest BCUT2D eigenvalue weighted by atomic mass is 16.5. The van der Waals surface area contributed by atoms with Crippen molar-refractivity contribution in [2.75, 3.05) is 37.5 Å². The van der Waals surface area contributed by atoms with E-state index in [1.54, 1.807) is 6.20 Å². The summed E-state index contributed by atoms with van der Waals surface area (Å²) < 4.78 is 12.3. The van der Waals surface area contributed by atoms with Crippen molar-refractivity contribution in [2.45, 2.75) is 32.7 Å². The topological polar surface area (TPSA) is 94.5 Å². The second-order valence-electron chi connectivity index (χ2n) is 8.17. The van der Waals surface area contributed by atoms with Gasteiger partial charge in [-0.05, 0) is 30.9 Å². The molecule has 174 valence electrons. The Labute approximate surface area is 193 Å².